The number of hydrogen-bond donors (Lipinski definition) is 0. The Kier molecular flexibility index (Phi) is 3.43. The number of hydrogen-bond acceptors (Lipinski definition) is 2. The summed E-state index contributed by atoms with van der Waals surface area (Å²) in [6, 6.07) is 5.55. The SMILES string of the molecule is Cc1nn(-c2ccc(F)c(F)c2)c(Br)c1CC#N. The Morgan fingerprint density at radius 2 is 2.11 bits per heavy atom. The van der Waals surface area contributed by atoms with Crippen LogP contribution in [-0.2, 0) is 6.42 Å². The minimum Gasteiger partial charge on any atom is -0.226 e. The lowest BCUT2D eigenvalue weighted by atomic mass is 10.2. The van der Waals surface area contributed by atoms with Gasteiger partial charge in [0.1, 0.15) is 4.60 Å². The van der Waals surface area contributed by atoms with Gasteiger partial charge in [0.25, 0.3) is 0 Å². The number of aromatic nitrogens is 2. The van der Waals surface area contributed by atoms with Crippen LogP contribution in [0.3, 0.4) is 0 Å². The highest BCUT2D eigenvalue weighted by Gasteiger charge is 2.14. The van der Waals surface area contributed by atoms with Crippen LogP contribution < -0.4 is 0 Å². The minimum absolute atomic E-state index is 0.204. The van der Waals surface area contributed by atoms with Crippen molar-refractivity contribution in [2.24, 2.45) is 0 Å². The number of aryl methyl sites for hydroxylation is 1. The predicted octanol–water partition coefficient (Wildman–Crippen LogP) is 3.29. The highest BCUT2D eigenvalue weighted by Crippen LogP contribution is 2.25. The average Bonchev–Trinajstić information content (AvgIpc) is 2.61. The van der Waals surface area contributed by atoms with Gasteiger partial charge in [-0.1, -0.05) is 0 Å². The van der Waals surface area contributed by atoms with E-state index in [4.69, 9.17) is 5.26 Å². The quantitative estimate of drug-likeness (QED) is 0.854. The molecule has 0 amide bonds. The highest BCUT2D eigenvalue weighted by molar-refractivity contribution is 9.10. The van der Waals surface area contributed by atoms with E-state index < -0.39 is 11.6 Å². The monoisotopic (exact) mass is 311 g/mol. The fourth-order valence-electron chi connectivity index (χ4n) is 1.60. The summed E-state index contributed by atoms with van der Waals surface area (Å²) in [6.07, 6.45) is 0.204. The molecule has 0 atom stereocenters. The van der Waals surface area contributed by atoms with Gasteiger partial charge in [-0.3, -0.25) is 0 Å². The van der Waals surface area contributed by atoms with Crippen molar-refractivity contribution in [2.75, 3.05) is 0 Å². The van der Waals surface area contributed by atoms with Crippen LogP contribution in [0.2, 0.25) is 0 Å². The lowest BCUT2D eigenvalue weighted by Gasteiger charge is -2.04. The fourth-order valence-corrected chi connectivity index (χ4v) is 2.31. The Bertz CT molecular complexity index is 644. The smallest absolute Gasteiger partial charge is 0.160 e. The van der Waals surface area contributed by atoms with Crippen molar-refractivity contribution in [2.45, 2.75) is 13.3 Å². The fraction of sp³-hybridized carbons (Fsp3) is 0.167. The van der Waals surface area contributed by atoms with Crippen molar-refractivity contribution < 1.29 is 8.78 Å². The maximum absolute atomic E-state index is 13.2. The first-order chi connectivity index (χ1) is 8.54. The van der Waals surface area contributed by atoms with E-state index in [1.165, 1.54) is 10.7 Å². The molecule has 18 heavy (non-hydrogen) atoms. The Morgan fingerprint density at radius 3 is 2.72 bits per heavy atom. The van der Waals surface area contributed by atoms with Crippen LogP contribution >= 0.6 is 15.9 Å². The van der Waals surface area contributed by atoms with Gasteiger partial charge in [0.2, 0.25) is 0 Å². The van der Waals surface area contributed by atoms with Crippen LogP contribution in [0.1, 0.15) is 11.3 Å². The molecular formula is C12H8BrF2N3. The molecule has 0 bridgehead atoms. The van der Waals surface area contributed by atoms with Gasteiger partial charge in [-0.15, -0.1) is 0 Å². The first-order valence-corrected chi connectivity index (χ1v) is 5.90. The molecule has 0 aliphatic rings. The normalized spacial score (nSPS) is 10.4. The molecule has 0 fully saturated rings. The van der Waals surface area contributed by atoms with E-state index in [9.17, 15) is 8.78 Å². The molecule has 0 saturated heterocycles. The van der Waals surface area contributed by atoms with Gasteiger partial charge in [0.15, 0.2) is 11.6 Å². The Hall–Kier alpha value is -1.74. The summed E-state index contributed by atoms with van der Waals surface area (Å²) in [5, 5.41) is 12.9. The maximum atomic E-state index is 13.2. The molecule has 92 valence electrons. The summed E-state index contributed by atoms with van der Waals surface area (Å²) < 4.78 is 28.0. The molecule has 2 rings (SSSR count). The lowest BCUT2D eigenvalue weighted by molar-refractivity contribution is 0.507. The second kappa shape index (κ2) is 4.86. The van der Waals surface area contributed by atoms with Gasteiger partial charge in [-0.05, 0) is 35.0 Å². The van der Waals surface area contributed by atoms with Crippen LogP contribution in [0.4, 0.5) is 8.78 Å². The van der Waals surface area contributed by atoms with Gasteiger partial charge in [0.05, 0.1) is 23.9 Å². The number of halogens is 3. The number of rotatable bonds is 2. The van der Waals surface area contributed by atoms with Gasteiger partial charge in [0, 0.05) is 11.6 Å². The second-order valence-electron chi connectivity index (χ2n) is 3.70. The molecular weight excluding hydrogens is 304 g/mol. The molecule has 0 spiro atoms. The molecule has 6 heteroatoms. The minimum atomic E-state index is -0.936. The maximum Gasteiger partial charge on any atom is 0.160 e. The second-order valence-corrected chi connectivity index (χ2v) is 4.45. The van der Waals surface area contributed by atoms with Crippen LogP contribution in [0.15, 0.2) is 22.8 Å². The molecule has 1 heterocycles. The third-order valence-corrected chi connectivity index (χ3v) is 3.34. The molecule has 0 aliphatic heterocycles. The van der Waals surface area contributed by atoms with E-state index in [-0.39, 0.29) is 6.42 Å². The summed E-state index contributed by atoms with van der Waals surface area (Å²) in [6.45, 7) is 1.76. The van der Waals surface area contributed by atoms with Crippen molar-refractivity contribution in [1.29, 1.82) is 5.26 Å². The standard InChI is InChI=1S/C12H8BrF2N3/c1-7-9(4-5-16)12(13)18(17-7)8-2-3-10(14)11(15)6-8/h2-3,6H,4H2,1H3. The van der Waals surface area contributed by atoms with Crippen LogP contribution in [0.5, 0.6) is 0 Å². The van der Waals surface area contributed by atoms with Crippen molar-refractivity contribution in [3.05, 3.63) is 45.7 Å². The zero-order chi connectivity index (χ0) is 13.3. The van der Waals surface area contributed by atoms with Gasteiger partial charge in [-0.2, -0.15) is 10.4 Å². The zero-order valence-electron chi connectivity index (χ0n) is 9.41. The third kappa shape index (κ3) is 2.14. The summed E-state index contributed by atoms with van der Waals surface area (Å²) in [5.41, 5.74) is 1.81. The Morgan fingerprint density at radius 1 is 1.39 bits per heavy atom. The first kappa shape index (κ1) is 12.7. The van der Waals surface area contributed by atoms with E-state index in [0.717, 1.165) is 17.7 Å². The zero-order valence-corrected chi connectivity index (χ0v) is 11.0. The predicted molar refractivity (Wildman–Crippen MR) is 65.2 cm³/mol. The molecule has 0 N–H and O–H groups in total. The molecule has 1 aromatic heterocycles. The van der Waals surface area contributed by atoms with E-state index >= 15 is 0 Å². The molecule has 0 radical (unpaired) electrons. The number of benzene rings is 1. The summed E-state index contributed by atoms with van der Waals surface area (Å²) in [5.74, 6) is -1.84. The van der Waals surface area contributed by atoms with Crippen molar-refractivity contribution in [1.82, 2.24) is 9.78 Å². The van der Waals surface area contributed by atoms with E-state index in [1.807, 2.05) is 6.07 Å². The van der Waals surface area contributed by atoms with Gasteiger partial charge < -0.3 is 0 Å². The molecule has 2 aromatic rings. The average molecular weight is 312 g/mol. The third-order valence-electron chi connectivity index (χ3n) is 2.53. The molecule has 0 aliphatic carbocycles. The van der Waals surface area contributed by atoms with E-state index in [1.54, 1.807) is 6.92 Å². The largest absolute Gasteiger partial charge is 0.226 e. The topological polar surface area (TPSA) is 41.6 Å². The van der Waals surface area contributed by atoms with Crippen molar-refractivity contribution in [3.8, 4) is 11.8 Å². The van der Waals surface area contributed by atoms with Crippen LogP contribution in [0.25, 0.3) is 5.69 Å². The van der Waals surface area contributed by atoms with Crippen molar-refractivity contribution >= 4 is 15.9 Å². The van der Waals surface area contributed by atoms with Crippen molar-refractivity contribution in [3.63, 3.8) is 0 Å². The molecule has 1 aromatic carbocycles. The van der Waals surface area contributed by atoms with Crippen LogP contribution in [0, 0.1) is 29.9 Å². The van der Waals surface area contributed by atoms with Crippen LogP contribution in [-0.4, -0.2) is 9.78 Å². The Labute approximate surface area is 111 Å². The summed E-state index contributed by atoms with van der Waals surface area (Å²) in [4.78, 5) is 0. The molecule has 0 unspecified atom stereocenters. The number of nitrogens with zero attached hydrogens (tertiary/aromatic N) is 3. The van der Waals surface area contributed by atoms with E-state index in [2.05, 4.69) is 21.0 Å². The lowest BCUT2D eigenvalue weighted by Crippen LogP contribution is -1.99. The first-order valence-electron chi connectivity index (χ1n) is 5.11. The number of nitriles is 1. The van der Waals surface area contributed by atoms with Gasteiger partial charge in [-0.25, -0.2) is 13.5 Å². The van der Waals surface area contributed by atoms with Gasteiger partial charge >= 0.3 is 0 Å². The molecule has 0 saturated carbocycles. The summed E-state index contributed by atoms with van der Waals surface area (Å²) in [7, 11) is 0. The highest BCUT2D eigenvalue weighted by atomic mass is 79.9. The Balaban J connectivity index is 2.55. The summed E-state index contributed by atoms with van der Waals surface area (Å²) >= 11 is 3.32. The molecule has 3 nitrogen and oxygen atoms in total. The van der Waals surface area contributed by atoms with E-state index in [0.29, 0.717) is 16.0 Å².